The standard InChI is InChI=1S/C19H30O5.2C2H4O2/c1-18-8-6-14(19(2)7-5-11(20)9-16(19)22)12(10-17(23)24)13(18)3-4-15(18)21;2*1-2(3)4/h11-15,20-21H,3-10H2,1-2H3,(H,23,24);2*1H3,(H,3,4). The molecule has 0 radical (unpaired) electrons. The molecule has 0 aromatic heterocycles. The van der Waals surface area contributed by atoms with Gasteiger partial charge in [-0.2, -0.15) is 0 Å². The Balaban J connectivity index is 0.000000554. The van der Waals surface area contributed by atoms with Crippen molar-refractivity contribution in [3.05, 3.63) is 0 Å². The number of carbonyl (C=O) groups excluding carboxylic acids is 1. The van der Waals surface area contributed by atoms with Crippen LogP contribution in [-0.2, 0) is 19.2 Å². The number of aliphatic carboxylic acids is 3. The molecule has 0 saturated heterocycles. The fourth-order valence-corrected chi connectivity index (χ4v) is 6.08. The van der Waals surface area contributed by atoms with Crippen molar-refractivity contribution in [3.63, 3.8) is 0 Å². The fourth-order valence-electron chi connectivity index (χ4n) is 6.08. The molecule has 3 rings (SSSR count). The van der Waals surface area contributed by atoms with E-state index in [0.717, 1.165) is 39.5 Å². The molecule has 5 N–H and O–H groups in total. The molecular formula is C23H38O9. The van der Waals surface area contributed by atoms with Crippen LogP contribution in [-0.4, -0.2) is 61.4 Å². The van der Waals surface area contributed by atoms with E-state index in [9.17, 15) is 24.9 Å². The van der Waals surface area contributed by atoms with Crippen molar-refractivity contribution in [1.29, 1.82) is 0 Å². The zero-order chi connectivity index (χ0) is 24.9. The topological polar surface area (TPSA) is 169 Å². The highest BCUT2D eigenvalue weighted by atomic mass is 16.4. The number of carboxylic acid groups (broad SMARTS) is 3. The molecule has 3 aliphatic rings. The third-order valence-electron chi connectivity index (χ3n) is 7.67. The molecule has 9 heteroatoms. The highest BCUT2D eigenvalue weighted by Crippen LogP contribution is 2.61. The molecule has 32 heavy (non-hydrogen) atoms. The molecule has 0 aromatic carbocycles. The Labute approximate surface area is 188 Å². The minimum Gasteiger partial charge on any atom is -0.481 e. The van der Waals surface area contributed by atoms with Crippen LogP contribution in [0.3, 0.4) is 0 Å². The molecule has 3 aliphatic carbocycles. The van der Waals surface area contributed by atoms with Gasteiger partial charge >= 0.3 is 5.97 Å². The third-order valence-corrected chi connectivity index (χ3v) is 7.67. The molecular weight excluding hydrogens is 420 g/mol. The summed E-state index contributed by atoms with van der Waals surface area (Å²) in [4.78, 5) is 42.3. The maximum absolute atomic E-state index is 12.7. The monoisotopic (exact) mass is 458 g/mol. The number of fused-ring (bicyclic) bond motifs is 1. The summed E-state index contributed by atoms with van der Waals surface area (Å²) < 4.78 is 0. The van der Waals surface area contributed by atoms with Crippen LogP contribution in [0.1, 0.15) is 79.1 Å². The highest BCUT2D eigenvalue weighted by molar-refractivity contribution is 5.86. The summed E-state index contributed by atoms with van der Waals surface area (Å²) in [5, 5.41) is 44.5. The first-order valence-corrected chi connectivity index (χ1v) is 11.2. The first-order chi connectivity index (χ1) is 14.6. The van der Waals surface area contributed by atoms with E-state index >= 15 is 0 Å². The second kappa shape index (κ2) is 11.2. The largest absolute Gasteiger partial charge is 0.481 e. The van der Waals surface area contributed by atoms with Crippen LogP contribution < -0.4 is 0 Å². The zero-order valence-electron chi connectivity index (χ0n) is 19.4. The summed E-state index contributed by atoms with van der Waals surface area (Å²) in [5.41, 5.74) is -0.752. The number of aliphatic hydroxyl groups excluding tert-OH is 2. The number of hydrogen-bond acceptors (Lipinski definition) is 6. The van der Waals surface area contributed by atoms with Crippen LogP contribution in [0.25, 0.3) is 0 Å². The summed E-state index contributed by atoms with van der Waals surface area (Å²) in [6, 6.07) is 0. The Morgan fingerprint density at radius 3 is 1.88 bits per heavy atom. The van der Waals surface area contributed by atoms with Crippen molar-refractivity contribution in [2.24, 2.45) is 28.6 Å². The summed E-state index contributed by atoms with van der Waals surface area (Å²) in [7, 11) is 0. The van der Waals surface area contributed by atoms with Crippen molar-refractivity contribution >= 4 is 23.7 Å². The highest BCUT2D eigenvalue weighted by Gasteiger charge is 2.58. The van der Waals surface area contributed by atoms with Gasteiger partial charge in [0.25, 0.3) is 11.9 Å². The van der Waals surface area contributed by atoms with Crippen LogP contribution >= 0.6 is 0 Å². The van der Waals surface area contributed by atoms with Crippen molar-refractivity contribution in [3.8, 4) is 0 Å². The van der Waals surface area contributed by atoms with E-state index in [2.05, 4.69) is 6.92 Å². The number of Topliss-reactive ketones (excluding diaryl/α,β-unsaturated/α-hetero) is 1. The Kier molecular flexibility index (Phi) is 9.84. The summed E-state index contributed by atoms with van der Waals surface area (Å²) in [5.74, 6) is -2.26. The van der Waals surface area contributed by atoms with Crippen LogP contribution in [0.15, 0.2) is 0 Å². The second-order valence-electron chi connectivity index (χ2n) is 9.89. The SMILES string of the molecule is CC(=O)O.CC(=O)O.CC1(C2CCC3(C)C(O)CCC3C2CC(=O)O)CCC(O)CC1=O. The maximum Gasteiger partial charge on any atom is 0.303 e. The summed E-state index contributed by atoms with van der Waals surface area (Å²) >= 11 is 0. The van der Waals surface area contributed by atoms with E-state index in [1.165, 1.54) is 0 Å². The zero-order valence-corrected chi connectivity index (χ0v) is 19.4. The average molecular weight is 459 g/mol. The lowest BCUT2D eigenvalue weighted by atomic mass is 9.51. The van der Waals surface area contributed by atoms with Gasteiger partial charge < -0.3 is 25.5 Å². The Hall–Kier alpha value is -2.00. The lowest BCUT2D eigenvalue weighted by Crippen LogP contribution is -2.52. The van der Waals surface area contributed by atoms with E-state index in [1.807, 2.05) is 6.92 Å². The van der Waals surface area contributed by atoms with Gasteiger partial charge in [0.05, 0.1) is 12.2 Å². The van der Waals surface area contributed by atoms with E-state index in [-0.39, 0.29) is 47.9 Å². The number of ketones is 1. The number of aliphatic hydroxyl groups is 2. The normalized spacial score (nSPS) is 38.3. The number of rotatable bonds is 3. The lowest BCUT2D eigenvalue weighted by Gasteiger charge is -2.53. The van der Waals surface area contributed by atoms with Crippen molar-refractivity contribution < 1.29 is 44.7 Å². The lowest BCUT2D eigenvalue weighted by molar-refractivity contribution is -0.152. The second-order valence-corrected chi connectivity index (χ2v) is 9.89. The van der Waals surface area contributed by atoms with E-state index in [1.54, 1.807) is 0 Å². The van der Waals surface area contributed by atoms with Gasteiger partial charge in [-0.15, -0.1) is 0 Å². The molecule has 7 unspecified atom stereocenters. The summed E-state index contributed by atoms with van der Waals surface area (Å²) in [6.45, 7) is 6.24. The smallest absolute Gasteiger partial charge is 0.303 e. The van der Waals surface area contributed by atoms with Crippen LogP contribution in [0.5, 0.6) is 0 Å². The quantitative estimate of drug-likeness (QED) is 0.426. The minimum absolute atomic E-state index is 0.0389. The number of carboxylic acids is 3. The molecule has 0 heterocycles. The van der Waals surface area contributed by atoms with Crippen LogP contribution in [0, 0.1) is 28.6 Å². The van der Waals surface area contributed by atoms with Gasteiger partial charge in [-0.05, 0) is 61.7 Å². The Morgan fingerprint density at radius 2 is 1.41 bits per heavy atom. The molecule has 3 fully saturated rings. The molecule has 3 saturated carbocycles. The van der Waals surface area contributed by atoms with E-state index in [4.69, 9.17) is 19.8 Å². The van der Waals surface area contributed by atoms with Gasteiger partial charge in [-0.1, -0.05) is 13.8 Å². The third kappa shape index (κ3) is 6.75. The molecule has 0 aliphatic heterocycles. The predicted octanol–water partition coefficient (Wildman–Crippen LogP) is 2.57. The van der Waals surface area contributed by atoms with Gasteiger partial charge in [-0.25, -0.2) is 0 Å². The van der Waals surface area contributed by atoms with Gasteiger partial charge in [0.2, 0.25) is 0 Å². The van der Waals surface area contributed by atoms with Gasteiger partial charge in [0, 0.05) is 32.1 Å². The summed E-state index contributed by atoms with van der Waals surface area (Å²) in [6.07, 6.45) is 3.82. The average Bonchev–Trinajstić information content (AvgIpc) is 2.93. The molecule has 7 atom stereocenters. The van der Waals surface area contributed by atoms with Crippen LogP contribution in [0.4, 0.5) is 0 Å². The van der Waals surface area contributed by atoms with Crippen molar-refractivity contribution in [2.75, 3.05) is 0 Å². The molecule has 9 nitrogen and oxygen atoms in total. The molecule has 184 valence electrons. The molecule has 0 aromatic rings. The first-order valence-electron chi connectivity index (χ1n) is 11.2. The fraction of sp³-hybridized carbons (Fsp3) is 0.826. The van der Waals surface area contributed by atoms with Crippen molar-refractivity contribution in [1.82, 2.24) is 0 Å². The van der Waals surface area contributed by atoms with Crippen molar-refractivity contribution in [2.45, 2.75) is 91.3 Å². The van der Waals surface area contributed by atoms with Gasteiger partial charge in [0.1, 0.15) is 5.78 Å². The number of carbonyl (C=O) groups is 4. The Morgan fingerprint density at radius 1 is 0.875 bits per heavy atom. The van der Waals surface area contributed by atoms with E-state index in [0.29, 0.717) is 12.8 Å². The first kappa shape index (κ1) is 28.0. The molecule has 0 spiro atoms. The molecule has 0 amide bonds. The van der Waals surface area contributed by atoms with Crippen LogP contribution in [0.2, 0.25) is 0 Å². The maximum atomic E-state index is 12.7. The minimum atomic E-state index is -0.833. The number of hydrogen-bond donors (Lipinski definition) is 5. The predicted molar refractivity (Wildman–Crippen MR) is 115 cm³/mol. The Bertz CT molecular complexity index is 686. The molecule has 0 bridgehead atoms. The van der Waals surface area contributed by atoms with E-state index < -0.39 is 29.4 Å². The van der Waals surface area contributed by atoms with Gasteiger partial charge in [-0.3, -0.25) is 19.2 Å². The van der Waals surface area contributed by atoms with Gasteiger partial charge in [0.15, 0.2) is 0 Å².